The largest absolute Gasteiger partial charge is 0.317 e. The third-order valence-electron chi connectivity index (χ3n) is 3.77. The summed E-state index contributed by atoms with van der Waals surface area (Å²) in [5.41, 5.74) is 0. The second-order valence-electron chi connectivity index (χ2n) is 5.54. The molecule has 0 unspecified atom stereocenters. The number of piperidine rings is 1. The van der Waals surface area contributed by atoms with Crippen LogP contribution in [0.2, 0.25) is 0 Å². The van der Waals surface area contributed by atoms with Crippen LogP contribution in [0.3, 0.4) is 0 Å². The predicted octanol–water partition coefficient (Wildman–Crippen LogP) is 2.89. The van der Waals surface area contributed by atoms with Crippen molar-refractivity contribution < 1.29 is 0 Å². The highest BCUT2D eigenvalue weighted by Crippen LogP contribution is 2.20. The fourth-order valence-corrected chi connectivity index (χ4v) is 2.91. The molecule has 0 amide bonds. The van der Waals surface area contributed by atoms with Gasteiger partial charge in [0.2, 0.25) is 0 Å². The van der Waals surface area contributed by atoms with E-state index in [2.05, 4.69) is 37.9 Å². The summed E-state index contributed by atoms with van der Waals surface area (Å²) in [5, 5.41) is 3.47. The van der Waals surface area contributed by atoms with E-state index in [0.717, 1.165) is 18.0 Å². The number of rotatable bonds is 6. The molecule has 1 N–H and O–H groups in total. The van der Waals surface area contributed by atoms with E-state index in [9.17, 15) is 0 Å². The van der Waals surface area contributed by atoms with Crippen LogP contribution in [0.15, 0.2) is 0 Å². The first kappa shape index (κ1) is 14.0. The summed E-state index contributed by atoms with van der Waals surface area (Å²) in [5.74, 6) is 0.787. The van der Waals surface area contributed by atoms with Gasteiger partial charge in [-0.2, -0.15) is 0 Å². The Bertz CT molecular complexity index is 170. The molecule has 0 aromatic heterocycles. The second-order valence-corrected chi connectivity index (χ2v) is 5.54. The molecule has 0 saturated carbocycles. The van der Waals surface area contributed by atoms with Gasteiger partial charge in [0.05, 0.1) is 0 Å². The normalized spacial score (nSPS) is 18.9. The molecule has 0 aromatic carbocycles. The molecule has 96 valence electrons. The first-order chi connectivity index (χ1) is 7.69. The minimum absolute atomic E-state index is 0.787. The Balaban J connectivity index is 2.60. The van der Waals surface area contributed by atoms with Gasteiger partial charge >= 0.3 is 0 Å². The van der Waals surface area contributed by atoms with Crippen molar-refractivity contribution >= 4 is 0 Å². The molecule has 0 aliphatic carbocycles. The SMILES string of the molecule is CCC(CC)N(CC(C)C)C1CCNCC1. The molecule has 1 aliphatic rings. The molecule has 1 fully saturated rings. The quantitative estimate of drug-likeness (QED) is 0.749. The zero-order valence-corrected chi connectivity index (χ0v) is 11.6. The van der Waals surface area contributed by atoms with Crippen molar-refractivity contribution in [2.45, 2.75) is 65.5 Å². The molecule has 0 aromatic rings. The Morgan fingerprint density at radius 1 is 1.12 bits per heavy atom. The van der Waals surface area contributed by atoms with Crippen LogP contribution < -0.4 is 5.32 Å². The first-order valence-corrected chi connectivity index (χ1v) is 7.15. The maximum Gasteiger partial charge on any atom is 0.0122 e. The molecule has 2 nitrogen and oxygen atoms in total. The topological polar surface area (TPSA) is 15.3 Å². The summed E-state index contributed by atoms with van der Waals surface area (Å²) in [7, 11) is 0. The van der Waals surface area contributed by atoms with E-state index in [1.165, 1.54) is 45.3 Å². The third-order valence-corrected chi connectivity index (χ3v) is 3.77. The lowest BCUT2D eigenvalue weighted by Crippen LogP contribution is -2.49. The molecule has 1 rings (SSSR count). The minimum atomic E-state index is 0.787. The van der Waals surface area contributed by atoms with Gasteiger partial charge in [0, 0.05) is 18.6 Å². The summed E-state index contributed by atoms with van der Waals surface area (Å²) in [4.78, 5) is 2.80. The van der Waals surface area contributed by atoms with Gasteiger partial charge < -0.3 is 5.32 Å². The Morgan fingerprint density at radius 2 is 1.69 bits per heavy atom. The Hall–Kier alpha value is -0.0800. The summed E-state index contributed by atoms with van der Waals surface area (Å²) >= 11 is 0. The highest BCUT2D eigenvalue weighted by atomic mass is 15.2. The molecule has 0 bridgehead atoms. The first-order valence-electron chi connectivity index (χ1n) is 7.15. The Morgan fingerprint density at radius 3 is 2.12 bits per heavy atom. The Labute approximate surface area is 102 Å². The fourth-order valence-electron chi connectivity index (χ4n) is 2.91. The molecule has 1 aliphatic heterocycles. The molecule has 0 radical (unpaired) electrons. The van der Waals surface area contributed by atoms with Crippen LogP contribution >= 0.6 is 0 Å². The van der Waals surface area contributed by atoms with Gasteiger partial charge in [-0.3, -0.25) is 4.90 Å². The maximum atomic E-state index is 3.47. The Kier molecular flexibility index (Phi) is 6.37. The number of nitrogens with one attached hydrogen (secondary N) is 1. The molecule has 1 heterocycles. The molecule has 1 saturated heterocycles. The number of hydrogen-bond acceptors (Lipinski definition) is 2. The minimum Gasteiger partial charge on any atom is -0.317 e. The van der Waals surface area contributed by atoms with Gasteiger partial charge in [-0.1, -0.05) is 27.7 Å². The molecule has 16 heavy (non-hydrogen) atoms. The zero-order valence-electron chi connectivity index (χ0n) is 11.6. The van der Waals surface area contributed by atoms with Crippen molar-refractivity contribution in [3.63, 3.8) is 0 Å². The number of hydrogen-bond donors (Lipinski definition) is 1. The van der Waals surface area contributed by atoms with E-state index in [-0.39, 0.29) is 0 Å². The summed E-state index contributed by atoms with van der Waals surface area (Å²) in [6, 6.07) is 1.62. The van der Waals surface area contributed by atoms with Crippen LogP contribution in [0.25, 0.3) is 0 Å². The molecular weight excluding hydrogens is 196 g/mol. The second kappa shape index (κ2) is 7.29. The van der Waals surface area contributed by atoms with Gasteiger partial charge in [-0.05, 0) is 44.7 Å². The maximum absolute atomic E-state index is 3.47. The molecular formula is C14H30N2. The molecule has 0 spiro atoms. The number of nitrogens with zero attached hydrogens (tertiary/aromatic N) is 1. The molecule has 0 atom stereocenters. The van der Waals surface area contributed by atoms with Crippen LogP contribution in [0.5, 0.6) is 0 Å². The highest BCUT2D eigenvalue weighted by Gasteiger charge is 2.25. The average Bonchev–Trinajstić information content (AvgIpc) is 2.30. The van der Waals surface area contributed by atoms with Crippen LogP contribution in [-0.2, 0) is 0 Å². The van der Waals surface area contributed by atoms with Gasteiger partial charge in [0.25, 0.3) is 0 Å². The van der Waals surface area contributed by atoms with E-state index in [4.69, 9.17) is 0 Å². The van der Waals surface area contributed by atoms with Crippen molar-refractivity contribution in [2.75, 3.05) is 19.6 Å². The lowest BCUT2D eigenvalue weighted by molar-refractivity contribution is 0.0887. The van der Waals surface area contributed by atoms with Crippen LogP contribution in [0.1, 0.15) is 53.4 Å². The van der Waals surface area contributed by atoms with E-state index in [1.54, 1.807) is 0 Å². The summed E-state index contributed by atoms with van der Waals surface area (Å²) in [6.07, 6.45) is 5.27. The van der Waals surface area contributed by atoms with E-state index in [0.29, 0.717) is 0 Å². The van der Waals surface area contributed by atoms with Crippen molar-refractivity contribution in [3.05, 3.63) is 0 Å². The predicted molar refractivity (Wildman–Crippen MR) is 71.8 cm³/mol. The van der Waals surface area contributed by atoms with Crippen molar-refractivity contribution in [1.29, 1.82) is 0 Å². The van der Waals surface area contributed by atoms with Crippen LogP contribution in [0, 0.1) is 5.92 Å². The van der Waals surface area contributed by atoms with Crippen molar-refractivity contribution in [1.82, 2.24) is 10.2 Å². The molecule has 2 heteroatoms. The summed E-state index contributed by atoms with van der Waals surface area (Å²) in [6.45, 7) is 13.0. The lowest BCUT2D eigenvalue weighted by atomic mass is 9.98. The van der Waals surface area contributed by atoms with Gasteiger partial charge in [-0.15, -0.1) is 0 Å². The van der Waals surface area contributed by atoms with Crippen molar-refractivity contribution in [2.24, 2.45) is 5.92 Å². The fraction of sp³-hybridized carbons (Fsp3) is 1.00. The van der Waals surface area contributed by atoms with Crippen molar-refractivity contribution in [3.8, 4) is 0 Å². The van der Waals surface area contributed by atoms with Crippen LogP contribution in [0.4, 0.5) is 0 Å². The van der Waals surface area contributed by atoms with E-state index < -0.39 is 0 Å². The smallest absolute Gasteiger partial charge is 0.0122 e. The van der Waals surface area contributed by atoms with E-state index in [1.807, 2.05) is 0 Å². The highest BCUT2D eigenvalue weighted by molar-refractivity contribution is 4.82. The van der Waals surface area contributed by atoms with Gasteiger partial charge in [0.15, 0.2) is 0 Å². The zero-order chi connectivity index (χ0) is 12.0. The third kappa shape index (κ3) is 4.06. The van der Waals surface area contributed by atoms with Gasteiger partial charge in [-0.25, -0.2) is 0 Å². The van der Waals surface area contributed by atoms with Gasteiger partial charge in [0.1, 0.15) is 0 Å². The standard InChI is InChI=1S/C14H30N2/c1-5-13(6-2)16(11-12(3)4)14-7-9-15-10-8-14/h12-15H,5-11H2,1-4H3. The van der Waals surface area contributed by atoms with E-state index >= 15 is 0 Å². The summed E-state index contributed by atoms with van der Waals surface area (Å²) < 4.78 is 0. The average molecular weight is 226 g/mol. The lowest BCUT2D eigenvalue weighted by Gasteiger charge is -2.40. The monoisotopic (exact) mass is 226 g/mol. The van der Waals surface area contributed by atoms with Crippen LogP contribution in [-0.4, -0.2) is 36.6 Å².